The lowest BCUT2D eigenvalue weighted by atomic mass is 9.60. The first kappa shape index (κ1) is 22.2. The van der Waals surface area contributed by atoms with Crippen LogP contribution in [0.15, 0.2) is 18.3 Å². The molecule has 1 aromatic rings. The number of nitrogens with two attached hydrogens (primary N) is 1. The summed E-state index contributed by atoms with van der Waals surface area (Å²) in [5, 5.41) is 0. The van der Waals surface area contributed by atoms with E-state index in [2.05, 4.69) is 4.98 Å². The van der Waals surface area contributed by atoms with E-state index in [1.807, 2.05) is 6.92 Å². The molecule has 4 atom stereocenters. The molecule has 1 amide bonds. The highest BCUT2D eigenvalue weighted by molar-refractivity contribution is 6.12. The van der Waals surface area contributed by atoms with Crippen LogP contribution >= 0.6 is 0 Å². The molecule has 0 radical (unpaired) electrons. The van der Waals surface area contributed by atoms with Crippen molar-refractivity contribution in [1.29, 1.82) is 0 Å². The van der Waals surface area contributed by atoms with Gasteiger partial charge in [-0.25, -0.2) is 4.98 Å². The number of nitrogen functional groups attached to an aromatic ring is 1. The molecule has 2 aliphatic rings. The summed E-state index contributed by atoms with van der Waals surface area (Å²) in [4.78, 5) is 44.6. The monoisotopic (exact) mass is 415 g/mol. The Labute approximate surface area is 178 Å². The van der Waals surface area contributed by atoms with Gasteiger partial charge in [0.2, 0.25) is 5.91 Å². The van der Waals surface area contributed by atoms with Gasteiger partial charge in [-0.3, -0.25) is 14.4 Å². The highest BCUT2D eigenvalue weighted by Crippen LogP contribution is 2.42. The van der Waals surface area contributed by atoms with Gasteiger partial charge < -0.3 is 15.4 Å². The van der Waals surface area contributed by atoms with Gasteiger partial charge in [0.15, 0.2) is 5.78 Å². The zero-order valence-corrected chi connectivity index (χ0v) is 18.2. The van der Waals surface area contributed by atoms with E-state index in [9.17, 15) is 14.4 Å². The van der Waals surface area contributed by atoms with Crippen LogP contribution in [0, 0.1) is 23.7 Å². The molecule has 0 aromatic carbocycles. The second-order valence-electron chi connectivity index (χ2n) is 8.65. The lowest BCUT2D eigenvalue weighted by molar-refractivity contribution is -0.173. The molecule has 2 fully saturated rings. The van der Waals surface area contributed by atoms with Crippen molar-refractivity contribution >= 4 is 23.5 Å². The molecule has 1 heterocycles. The summed E-state index contributed by atoms with van der Waals surface area (Å²) in [7, 11) is 1.76. The van der Waals surface area contributed by atoms with Gasteiger partial charge >= 0.3 is 5.97 Å². The summed E-state index contributed by atoms with van der Waals surface area (Å²) < 4.78 is 5.22. The van der Waals surface area contributed by atoms with Crippen LogP contribution in [0.2, 0.25) is 0 Å². The quantitative estimate of drug-likeness (QED) is 0.542. The third-order valence-electron chi connectivity index (χ3n) is 6.88. The summed E-state index contributed by atoms with van der Waals surface area (Å²) in [5.74, 6) is -2.39. The Balaban J connectivity index is 1.75. The molecule has 7 heteroatoms. The number of hydrogen-bond donors (Lipinski definition) is 1. The van der Waals surface area contributed by atoms with Crippen LogP contribution < -0.4 is 5.73 Å². The van der Waals surface area contributed by atoms with Gasteiger partial charge in [0.25, 0.3) is 0 Å². The molecule has 0 bridgehead atoms. The fraction of sp³-hybridized carbons (Fsp3) is 0.652. The summed E-state index contributed by atoms with van der Waals surface area (Å²) in [6, 6.07) is 3.52. The fourth-order valence-corrected chi connectivity index (χ4v) is 4.97. The lowest BCUT2D eigenvalue weighted by Crippen LogP contribution is -2.60. The Morgan fingerprint density at radius 1 is 1.30 bits per heavy atom. The first-order chi connectivity index (χ1) is 14.3. The third-order valence-corrected chi connectivity index (χ3v) is 6.88. The molecular weight excluding hydrogens is 382 g/mol. The molecule has 2 aliphatic carbocycles. The number of Topliss-reactive ketones (excluding diaryl/α,β-unsaturated/α-hetero) is 1. The zero-order chi connectivity index (χ0) is 21.8. The van der Waals surface area contributed by atoms with Crippen molar-refractivity contribution in [2.75, 3.05) is 19.4 Å². The molecule has 2 N–H and O–H groups in total. The van der Waals surface area contributed by atoms with Crippen LogP contribution in [0.25, 0.3) is 0 Å². The summed E-state index contributed by atoms with van der Waals surface area (Å²) in [5.41, 5.74) is 6.57. The average Bonchev–Trinajstić information content (AvgIpc) is 2.74. The van der Waals surface area contributed by atoms with Crippen molar-refractivity contribution < 1.29 is 19.1 Å². The van der Waals surface area contributed by atoms with E-state index in [0.717, 1.165) is 18.4 Å². The van der Waals surface area contributed by atoms with Crippen molar-refractivity contribution in [3.05, 3.63) is 23.9 Å². The second-order valence-corrected chi connectivity index (χ2v) is 8.65. The Bertz CT molecular complexity index is 790. The van der Waals surface area contributed by atoms with Crippen LogP contribution in [0.4, 0.5) is 5.82 Å². The minimum absolute atomic E-state index is 0.0486. The van der Waals surface area contributed by atoms with Gasteiger partial charge in [0, 0.05) is 25.2 Å². The molecule has 3 rings (SSSR count). The van der Waals surface area contributed by atoms with Crippen LogP contribution in [0.1, 0.15) is 51.5 Å². The maximum absolute atomic E-state index is 13.3. The molecule has 1 aromatic heterocycles. The number of ether oxygens (including phenoxy) is 1. The minimum atomic E-state index is -0.954. The van der Waals surface area contributed by atoms with E-state index >= 15 is 0 Å². The number of hydrogen-bond acceptors (Lipinski definition) is 6. The van der Waals surface area contributed by atoms with E-state index < -0.39 is 23.7 Å². The second kappa shape index (κ2) is 9.58. The highest BCUT2D eigenvalue weighted by atomic mass is 16.5. The predicted molar refractivity (Wildman–Crippen MR) is 113 cm³/mol. The van der Waals surface area contributed by atoms with Crippen LogP contribution in [0.3, 0.4) is 0 Å². The standard InChI is InChI=1S/C23H33N3O4/c1-4-30-23(29)19-17(12-15-10-11-25-18(24)13-15)21(27)20(19)22(28)26(3)14(2)16-8-6-5-7-9-16/h10-11,13-14,16-17,19-20H,4-9,12H2,1-3H3,(H2,24,25)/t14-,17-,19-,20?/m1/s1. The number of pyridine rings is 1. The number of aromatic nitrogens is 1. The first-order valence-electron chi connectivity index (χ1n) is 11.0. The Morgan fingerprint density at radius 3 is 2.63 bits per heavy atom. The Kier molecular flexibility index (Phi) is 7.10. The molecule has 164 valence electrons. The van der Waals surface area contributed by atoms with Gasteiger partial charge in [-0.15, -0.1) is 0 Å². The van der Waals surface area contributed by atoms with E-state index in [4.69, 9.17) is 10.5 Å². The van der Waals surface area contributed by atoms with Gasteiger partial charge in [-0.2, -0.15) is 0 Å². The molecular formula is C23H33N3O4. The maximum Gasteiger partial charge on any atom is 0.310 e. The number of amides is 1. The number of anilines is 1. The molecule has 0 spiro atoms. The first-order valence-corrected chi connectivity index (χ1v) is 11.0. The van der Waals surface area contributed by atoms with Gasteiger partial charge in [-0.1, -0.05) is 19.3 Å². The number of rotatable bonds is 7. The van der Waals surface area contributed by atoms with E-state index in [1.165, 1.54) is 19.3 Å². The van der Waals surface area contributed by atoms with Crippen molar-refractivity contribution in [2.45, 2.75) is 58.4 Å². The number of carbonyl (C=O) groups is 3. The van der Waals surface area contributed by atoms with Crippen LogP contribution in [0.5, 0.6) is 0 Å². The van der Waals surface area contributed by atoms with Crippen LogP contribution in [-0.4, -0.2) is 47.2 Å². The predicted octanol–water partition coefficient (Wildman–Crippen LogP) is 2.63. The van der Waals surface area contributed by atoms with Crippen molar-refractivity contribution in [3.8, 4) is 0 Å². The molecule has 1 unspecified atom stereocenters. The summed E-state index contributed by atoms with van der Waals surface area (Å²) >= 11 is 0. The van der Waals surface area contributed by atoms with Gasteiger partial charge in [0.05, 0.1) is 12.5 Å². The van der Waals surface area contributed by atoms with Crippen molar-refractivity contribution in [1.82, 2.24) is 9.88 Å². The molecule has 30 heavy (non-hydrogen) atoms. The lowest BCUT2D eigenvalue weighted by Gasteiger charge is -2.44. The molecule has 2 saturated carbocycles. The molecule has 7 nitrogen and oxygen atoms in total. The van der Waals surface area contributed by atoms with Crippen LogP contribution in [-0.2, 0) is 25.5 Å². The minimum Gasteiger partial charge on any atom is -0.466 e. The number of ketones is 1. The molecule has 0 saturated heterocycles. The topological polar surface area (TPSA) is 103 Å². The largest absolute Gasteiger partial charge is 0.466 e. The van der Waals surface area contributed by atoms with Gasteiger partial charge in [0.1, 0.15) is 11.7 Å². The SMILES string of the molecule is CCOC(=O)[C@H]1C(C(=O)N(C)[C@H](C)C2CCCCC2)C(=O)[C@@H]1Cc1ccnc(N)c1. The third kappa shape index (κ3) is 4.50. The number of esters is 1. The Morgan fingerprint density at radius 2 is 2.00 bits per heavy atom. The molecule has 0 aliphatic heterocycles. The average molecular weight is 416 g/mol. The van der Waals surface area contributed by atoms with Crippen molar-refractivity contribution in [2.24, 2.45) is 23.7 Å². The summed E-state index contributed by atoms with van der Waals surface area (Å²) in [6.07, 6.45) is 7.74. The van der Waals surface area contributed by atoms with Crippen molar-refractivity contribution in [3.63, 3.8) is 0 Å². The van der Waals surface area contributed by atoms with E-state index in [-0.39, 0.29) is 24.3 Å². The number of nitrogens with zero attached hydrogens (tertiary/aromatic N) is 2. The maximum atomic E-state index is 13.3. The smallest absolute Gasteiger partial charge is 0.310 e. The normalized spacial score (nSPS) is 25.3. The van der Waals surface area contributed by atoms with E-state index in [1.54, 1.807) is 37.2 Å². The summed E-state index contributed by atoms with van der Waals surface area (Å²) in [6.45, 7) is 3.99. The fourth-order valence-electron chi connectivity index (χ4n) is 4.97. The van der Waals surface area contributed by atoms with E-state index in [0.29, 0.717) is 18.2 Å². The zero-order valence-electron chi connectivity index (χ0n) is 18.2. The Hall–Kier alpha value is -2.44. The highest BCUT2D eigenvalue weighted by Gasteiger charge is 2.58. The number of carbonyl (C=O) groups excluding carboxylic acids is 3. The van der Waals surface area contributed by atoms with Gasteiger partial charge in [-0.05, 0) is 56.7 Å².